The lowest BCUT2D eigenvalue weighted by molar-refractivity contribution is -0.137. The molecule has 0 radical (unpaired) electrons. The maximum absolute atomic E-state index is 12.7. The van der Waals surface area contributed by atoms with E-state index in [-0.39, 0.29) is 17.6 Å². The SMILES string of the molecule is CC(C)c1ccc2c(c1)C=CC([C@H]1CCC(=O)NC1=O)C2=O. The van der Waals surface area contributed by atoms with E-state index >= 15 is 0 Å². The van der Waals surface area contributed by atoms with Crippen LogP contribution in [0.25, 0.3) is 6.08 Å². The van der Waals surface area contributed by atoms with E-state index in [2.05, 4.69) is 19.2 Å². The monoisotopic (exact) mass is 297 g/mol. The molecule has 1 aliphatic heterocycles. The fourth-order valence-electron chi connectivity index (χ4n) is 3.15. The van der Waals surface area contributed by atoms with E-state index in [0.717, 1.165) is 5.56 Å². The van der Waals surface area contributed by atoms with Gasteiger partial charge in [-0.25, -0.2) is 0 Å². The van der Waals surface area contributed by atoms with Crippen LogP contribution in [0.4, 0.5) is 0 Å². The summed E-state index contributed by atoms with van der Waals surface area (Å²) >= 11 is 0. The molecule has 3 rings (SSSR count). The van der Waals surface area contributed by atoms with Gasteiger partial charge in [0.1, 0.15) is 0 Å². The van der Waals surface area contributed by atoms with Gasteiger partial charge in [0.05, 0.1) is 11.8 Å². The number of hydrogen-bond acceptors (Lipinski definition) is 3. The van der Waals surface area contributed by atoms with Crippen molar-refractivity contribution in [3.63, 3.8) is 0 Å². The number of carbonyl (C=O) groups excluding carboxylic acids is 3. The number of imide groups is 1. The number of fused-ring (bicyclic) bond motifs is 1. The van der Waals surface area contributed by atoms with Gasteiger partial charge in [0.25, 0.3) is 0 Å². The van der Waals surface area contributed by atoms with Crippen molar-refractivity contribution in [2.75, 3.05) is 0 Å². The zero-order valence-electron chi connectivity index (χ0n) is 12.8. The maximum atomic E-state index is 12.7. The number of amides is 2. The highest BCUT2D eigenvalue weighted by Crippen LogP contribution is 2.33. The maximum Gasteiger partial charge on any atom is 0.230 e. The number of allylic oxidation sites excluding steroid dienone is 1. The summed E-state index contributed by atoms with van der Waals surface area (Å²) in [5.41, 5.74) is 2.78. The molecule has 1 aromatic rings. The highest BCUT2D eigenvalue weighted by molar-refractivity contribution is 6.08. The van der Waals surface area contributed by atoms with Crippen LogP contribution in [-0.2, 0) is 9.59 Å². The molecule has 1 unspecified atom stereocenters. The number of rotatable bonds is 2. The highest BCUT2D eigenvalue weighted by atomic mass is 16.2. The third-order valence-corrected chi connectivity index (χ3v) is 4.51. The average Bonchev–Trinajstić information content (AvgIpc) is 2.48. The second-order valence-electron chi connectivity index (χ2n) is 6.31. The van der Waals surface area contributed by atoms with Crippen molar-refractivity contribution in [2.45, 2.75) is 32.6 Å². The zero-order chi connectivity index (χ0) is 15.9. The fourth-order valence-corrected chi connectivity index (χ4v) is 3.15. The number of carbonyl (C=O) groups is 3. The summed E-state index contributed by atoms with van der Waals surface area (Å²) in [5.74, 6) is -1.12. The van der Waals surface area contributed by atoms with Crippen molar-refractivity contribution in [3.05, 3.63) is 41.0 Å². The molecule has 1 N–H and O–H groups in total. The van der Waals surface area contributed by atoms with Crippen molar-refractivity contribution in [1.29, 1.82) is 0 Å². The molecular formula is C18H19NO3. The minimum Gasteiger partial charge on any atom is -0.296 e. The molecule has 114 valence electrons. The van der Waals surface area contributed by atoms with Gasteiger partial charge in [-0.15, -0.1) is 0 Å². The normalized spacial score (nSPS) is 24.4. The Balaban J connectivity index is 1.90. The topological polar surface area (TPSA) is 63.2 Å². The van der Waals surface area contributed by atoms with Crippen molar-refractivity contribution < 1.29 is 14.4 Å². The van der Waals surface area contributed by atoms with E-state index in [1.807, 2.05) is 30.4 Å². The van der Waals surface area contributed by atoms with Gasteiger partial charge in [-0.05, 0) is 23.5 Å². The molecule has 4 heteroatoms. The van der Waals surface area contributed by atoms with Crippen LogP contribution in [0.3, 0.4) is 0 Å². The van der Waals surface area contributed by atoms with Crippen LogP contribution < -0.4 is 5.32 Å². The number of piperidine rings is 1. The van der Waals surface area contributed by atoms with E-state index in [9.17, 15) is 14.4 Å². The van der Waals surface area contributed by atoms with Crippen LogP contribution in [0.15, 0.2) is 24.3 Å². The van der Waals surface area contributed by atoms with Crippen LogP contribution in [-0.4, -0.2) is 17.6 Å². The van der Waals surface area contributed by atoms with Gasteiger partial charge < -0.3 is 0 Å². The summed E-state index contributed by atoms with van der Waals surface area (Å²) in [7, 11) is 0. The summed E-state index contributed by atoms with van der Waals surface area (Å²) in [5, 5.41) is 2.33. The number of nitrogens with one attached hydrogen (secondary N) is 1. The van der Waals surface area contributed by atoms with E-state index in [0.29, 0.717) is 24.3 Å². The first-order valence-corrected chi connectivity index (χ1v) is 7.67. The van der Waals surface area contributed by atoms with Crippen LogP contribution in [0.1, 0.15) is 54.1 Å². The molecule has 22 heavy (non-hydrogen) atoms. The molecule has 0 bridgehead atoms. The Hall–Kier alpha value is -2.23. The first kappa shape index (κ1) is 14.7. The summed E-state index contributed by atoms with van der Waals surface area (Å²) in [4.78, 5) is 35.9. The van der Waals surface area contributed by atoms with E-state index in [4.69, 9.17) is 0 Å². The molecule has 1 heterocycles. The molecule has 4 nitrogen and oxygen atoms in total. The molecule has 1 fully saturated rings. The van der Waals surface area contributed by atoms with Gasteiger partial charge in [0.2, 0.25) is 11.8 Å². The van der Waals surface area contributed by atoms with Crippen molar-refractivity contribution in [2.24, 2.45) is 11.8 Å². The minimum absolute atomic E-state index is 0.0256. The molecule has 0 saturated carbocycles. The lowest BCUT2D eigenvalue weighted by atomic mass is 9.76. The Kier molecular flexibility index (Phi) is 3.69. The minimum atomic E-state index is -0.467. The van der Waals surface area contributed by atoms with Crippen LogP contribution in [0.2, 0.25) is 0 Å². The van der Waals surface area contributed by atoms with Crippen molar-refractivity contribution in [3.8, 4) is 0 Å². The quantitative estimate of drug-likeness (QED) is 0.854. The summed E-state index contributed by atoms with van der Waals surface area (Å²) < 4.78 is 0. The predicted molar refractivity (Wildman–Crippen MR) is 83.3 cm³/mol. The highest BCUT2D eigenvalue weighted by Gasteiger charge is 2.38. The lowest BCUT2D eigenvalue weighted by Gasteiger charge is -2.28. The van der Waals surface area contributed by atoms with Gasteiger partial charge in [0, 0.05) is 12.0 Å². The molecule has 2 aliphatic rings. The van der Waals surface area contributed by atoms with Crippen LogP contribution in [0.5, 0.6) is 0 Å². The Morgan fingerprint density at radius 2 is 1.95 bits per heavy atom. The Morgan fingerprint density at radius 3 is 2.64 bits per heavy atom. The molecule has 0 spiro atoms. The van der Waals surface area contributed by atoms with E-state index in [1.165, 1.54) is 5.56 Å². The molecule has 2 atom stereocenters. The largest absolute Gasteiger partial charge is 0.296 e. The third-order valence-electron chi connectivity index (χ3n) is 4.51. The van der Waals surface area contributed by atoms with E-state index < -0.39 is 11.8 Å². The fraction of sp³-hybridized carbons (Fsp3) is 0.389. The molecule has 1 aromatic carbocycles. The number of hydrogen-bond donors (Lipinski definition) is 1. The summed E-state index contributed by atoms with van der Waals surface area (Å²) in [6.45, 7) is 4.23. The van der Waals surface area contributed by atoms with Gasteiger partial charge >= 0.3 is 0 Å². The van der Waals surface area contributed by atoms with Crippen molar-refractivity contribution in [1.82, 2.24) is 5.32 Å². The number of ketones is 1. The second-order valence-corrected chi connectivity index (χ2v) is 6.31. The Labute approximate surface area is 129 Å². The Bertz CT molecular complexity index is 688. The van der Waals surface area contributed by atoms with Gasteiger partial charge in [-0.3, -0.25) is 19.7 Å². The van der Waals surface area contributed by atoms with Gasteiger partial charge in [-0.2, -0.15) is 0 Å². The van der Waals surface area contributed by atoms with Gasteiger partial charge in [0.15, 0.2) is 5.78 Å². The standard InChI is InChI=1S/C18H19NO3/c1-10(2)11-3-5-13-12(9-11)4-6-14(17(13)21)15-7-8-16(20)19-18(15)22/h3-6,9-10,14-15H,7-8H2,1-2H3,(H,19,20,22)/t14?,15-/m1/s1. The van der Waals surface area contributed by atoms with Gasteiger partial charge in [-0.1, -0.05) is 44.2 Å². The summed E-state index contributed by atoms with van der Waals surface area (Å²) in [6.07, 6.45) is 4.48. The summed E-state index contributed by atoms with van der Waals surface area (Å²) in [6, 6.07) is 5.87. The second kappa shape index (κ2) is 5.52. The first-order valence-electron chi connectivity index (χ1n) is 7.67. The zero-order valence-corrected chi connectivity index (χ0v) is 12.8. The molecule has 2 amide bonds. The molecule has 0 aromatic heterocycles. The van der Waals surface area contributed by atoms with E-state index in [1.54, 1.807) is 0 Å². The Morgan fingerprint density at radius 1 is 1.18 bits per heavy atom. The van der Waals surface area contributed by atoms with Crippen molar-refractivity contribution >= 4 is 23.7 Å². The predicted octanol–water partition coefficient (Wildman–Crippen LogP) is 2.69. The molecule has 1 aliphatic carbocycles. The van der Waals surface area contributed by atoms with Crippen LogP contribution >= 0.6 is 0 Å². The number of Topliss-reactive ketones (excluding diaryl/α,β-unsaturated/α-hetero) is 1. The lowest BCUT2D eigenvalue weighted by Crippen LogP contribution is -2.45. The molecule has 1 saturated heterocycles. The third kappa shape index (κ3) is 2.49. The van der Waals surface area contributed by atoms with Crippen LogP contribution in [0, 0.1) is 11.8 Å². The average molecular weight is 297 g/mol. The smallest absolute Gasteiger partial charge is 0.230 e. The number of benzene rings is 1. The molecular weight excluding hydrogens is 278 g/mol. The first-order chi connectivity index (χ1) is 10.5.